The number of hydrogen-bond donors (Lipinski definition) is 2. The quantitative estimate of drug-likeness (QED) is 0.810. The maximum atomic E-state index is 13.5. The van der Waals surface area contributed by atoms with Crippen LogP contribution in [0.25, 0.3) is 5.57 Å². The Morgan fingerprint density at radius 2 is 1.91 bits per heavy atom. The molecule has 4 nitrogen and oxygen atoms in total. The summed E-state index contributed by atoms with van der Waals surface area (Å²) in [5, 5.41) is 18.4. The lowest BCUT2D eigenvalue weighted by molar-refractivity contribution is -0.258. The molecule has 0 saturated heterocycles. The molecule has 0 radical (unpaired) electrons. The number of halogens is 4. The summed E-state index contributed by atoms with van der Waals surface area (Å²) in [5.41, 5.74) is -3.94. The molecule has 2 N–H and O–H groups in total. The molecule has 0 heterocycles. The Hall–Kier alpha value is -2.09. The minimum absolute atomic E-state index is 0.0204. The van der Waals surface area contributed by atoms with E-state index in [2.05, 4.69) is 0 Å². The van der Waals surface area contributed by atoms with Gasteiger partial charge in [0.2, 0.25) is 0 Å². The van der Waals surface area contributed by atoms with Gasteiger partial charge in [-0.15, -0.1) is 0 Å². The third-order valence-corrected chi connectivity index (χ3v) is 3.51. The Morgan fingerprint density at radius 1 is 1.35 bits per heavy atom. The molecule has 8 heteroatoms. The molecule has 0 fully saturated rings. The number of methoxy groups -OCH3 is 1. The summed E-state index contributed by atoms with van der Waals surface area (Å²) >= 11 is 0. The van der Waals surface area contributed by atoms with Crippen molar-refractivity contribution in [3.05, 3.63) is 35.2 Å². The van der Waals surface area contributed by atoms with Gasteiger partial charge in [-0.3, -0.25) is 0 Å². The van der Waals surface area contributed by atoms with Crippen molar-refractivity contribution in [2.45, 2.75) is 32.0 Å². The third kappa shape index (κ3) is 3.47. The van der Waals surface area contributed by atoms with Crippen molar-refractivity contribution >= 4 is 11.5 Å². The average molecular weight is 336 g/mol. The number of carboxylic acids is 1. The van der Waals surface area contributed by atoms with Crippen LogP contribution in [0.5, 0.6) is 5.75 Å². The SMILES string of the molecule is C/C=C(/C[C@@](O)(C(=O)O)C(F)(F)F)c1ccc(F)c(C)c1OC. The van der Waals surface area contributed by atoms with E-state index < -0.39 is 30.0 Å². The van der Waals surface area contributed by atoms with Gasteiger partial charge in [-0.25, -0.2) is 9.18 Å². The number of aliphatic carboxylic acids is 1. The highest BCUT2D eigenvalue weighted by Gasteiger charge is 2.60. The van der Waals surface area contributed by atoms with Gasteiger partial charge < -0.3 is 14.9 Å². The van der Waals surface area contributed by atoms with Gasteiger partial charge in [-0.05, 0) is 31.6 Å². The van der Waals surface area contributed by atoms with Crippen molar-refractivity contribution in [3.63, 3.8) is 0 Å². The molecule has 128 valence electrons. The molecular weight excluding hydrogens is 320 g/mol. The molecule has 1 rings (SSSR count). The zero-order chi connectivity index (χ0) is 18.0. The van der Waals surface area contributed by atoms with Crippen LogP contribution in [0, 0.1) is 12.7 Å². The maximum absolute atomic E-state index is 13.5. The maximum Gasteiger partial charge on any atom is 0.428 e. The van der Waals surface area contributed by atoms with E-state index in [1.165, 1.54) is 33.1 Å². The normalized spacial score (nSPS) is 15.2. The van der Waals surface area contributed by atoms with E-state index in [-0.39, 0.29) is 22.4 Å². The molecule has 0 aliphatic rings. The van der Waals surface area contributed by atoms with Crippen molar-refractivity contribution in [1.82, 2.24) is 0 Å². The molecular formula is C15H16F4O4. The second-order valence-electron chi connectivity index (χ2n) is 4.91. The van der Waals surface area contributed by atoms with Gasteiger partial charge in [-0.2, -0.15) is 13.2 Å². The summed E-state index contributed by atoms with van der Waals surface area (Å²) < 4.78 is 57.4. The summed E-state index contributed by atoms with van der Waals surface area (Å²) in [6, 6.07) is 2.21. The van der Waals surface area contributed by atoms with E-state index in [1.54, 1.807) is 0 Å². The first kappa shape index (κ1) is 19.0. The molecule has 1 atom stereocenters. The first-order chi connectivity index (χ1) is 10.5. The third-order valence-electron chi connectivity index (χ3n) is 3.51. The van der Waals surface area contributed by atoms with Crippen molar-refractivity contribution in [2.24, 2.45) is 0 Å². The van der Waals surface area contributed by atoms with Crippen molar-refractivity contribution in [2.75, 3.05) is 7.11 Å². The number of aliphatic hydroxyl groups is 1. The van der Waals surface area contributed by atoms with Gasteiger partial charge in [0.15, 0.2) is 0 Å². The molecule has 0 aliphatic heterocycles. The van der Waals surface area contributed by atoms with Crippen molar-refractivity contribution in [1.29, 1.82) is 0 Å². The summed E-state index contributed by atoms with van der Waals surface area (Å²) in [6.45, 7) is 2.75. The Kier molecular flexibility index (Phi) is 5.42. The molecule has 0 saturated carbocycles. The lowest BCUT2D eigenvalue weighted by Crippen LogP contribution is -2.52. The van der Waals surface area contributed by atoms with Gasteiger partial charge in [0.05, 0.1) is 7.11 Å². The average Bonchev–Trinajstić information content (AvgIpc) is 2.46. The lowest BCUT2D eigenvalue weighted by atomic mass is 9.88. The number of allylic oxidation sites excluding steroid dienone is 1. The molecule has 23 heavy (non-hydrogen) atoms. The minimum atomic E-state index is -5.38. The fourth-order valence-corrected chi connectivity index (χ4v) is 2.11. The van der Waals surface area contributed by atoms with Crippen LogP contribution < -0.4 is 4.74 Å². The van der Waals surface area contributed by atoms with E-state index in [9.17, 15) is 27.5 Å². The Morgan fingerprint density at radius 3 is 2.30 bits per heavy atom. The van der Waals surface area contributed by atoms with Crippen molar-refractivity contribution in [3.8, 4) is 5.75 Å². The van der Waals surface area contributed by atoms with Crippen molar-refractivity contribution < 1.29 is 37.3 Å². The second kappa shape index (κ2) is 6.57. The molecule has 0 unspecified atom stereocenters. The highest BCUT2D eigenvalue weighted by atomic mass is 19.4. The first-order valence-electron chi connectivity index (χ1n) is 6.50. The van der Waals surface area contributed by atoms with Crippen LogP contribution in [0.3, 0.4) is 0 Å². The summed E-state index contributed by atoms with van der Waals surface area (Å²) in [5.74, 6) is -3.06. The largest absolute Gasteiger partial charge is 0.496 e. The fraction of sp³-hybridized carbons (Fsp3) is 0.400. The molecule has 0 aromatic heterocycles. The number of hydrogen-bond acceptors (Lipinski definition) is 3. The highest BCUT2D eigenvalue weighted by molar-refractivity contribution is 5.83. The van der Waals surface area contributed by atoms with Crippen LogP contribution in [0.2, 0.25) is 0 Å². The zero-order valence-electron chi connectivity index (χ0n) is 12.7. The predicted octanol–water partition coefficient (Wildman–Crippen LogP) is 3.31. The summed E-state index contributed by atoms with van der Waals surface area (Å²) in [4.78, 5) is 10.9. The summed E-state index contributed by atoms with van der Waals surface area (Å²) in [6.07, 6.45) is -5.39. The summed E-state index contributed by atoms with van der Waals surface area (Å²) in [7, 11) is 1.21. The van der Waals surface area contributed by atoms with Crippen LogP contribution >= 0.6 is 0 Å². The minimum Gasteiger partial charge on any atom is -0.496 e. The fourth-order valence-electron chi connectivity index (χ4n) is 2.11. The number of carbonyl (C=O) groups is 1. The zero-order valence-corrected chi connectivity index (χ0v) is 12.7. The highest BCUT2D eigenvalue weighted by Crippen LogP contribution is 2.41. The van der Waals surface area contributed by atoms with Gasteiger partial charge in [0.25, 0.3) is 5.60 Å². The number of alkyl halides is 3. The topological polar surface area (TPSA) is 66.8 Å². The van der Waals surface area contributed by atoms with E-state index in [4.69, 9.17) is 9.84 Å². The van der Waals surface area contributed by atoms with Gasteiger partial charge in [0.1, 0.15) is 11.6 Å². The Balaban J connectivity index is 3.42. The van der Waals surface area contributed by atoms with Gasteiger partial charge >= 0.3 is 12.1 Å². The monoisotopic (exact) mass is 336 g/mol. The smallest absolute Gasteiger partial charge is 0.428 e. The Bertz CT molecular complexity index is 637. The van der Waals surface area contributed by atoms with Crippen LogP contribution in [0.4, 0.5) is 17.6 Å². The van der Waals surface area contributed by atoms with Gasteiger partial charge in [-0.1, -0.05) is 6.08 Å². The van der Waals surface area contributed by atoms with E-state index in [0.29, 0.717) is 0 Å². The van der Waals surface area contributed by atoms with Crippen LogP contribution in [0.1, 0.15) is 24.5 Å². The van der Waals surface area contributed by atoms with E-state index in [0.717, 1.165) is 6.07 Å². The number of benzene rings is 1. The molecule has 0 aliphatic carbocycles. The van der Waals surface area contributed by atoms with E-state index in [1.807, 2.05) is 0 Å². The first-order valence-corrected chi connectivity index (χ1v) is 6.50. The molecule has 0 amide bonds. The number of ether oxygens (including phenoxy) is 1. The van der Waals surface area contributed by atoms with Crippen LogP contribution in [-0.4, -0.2) is 35.1 Å². The lowest BCUT2D eigenvalue weighted by Gasteiger charge is -2.27. The van der Waals surface area contributed by atoms with E-state index >= 15 is 0 Å². The molecule has 1 aromatic carbocycles. The predicted molar refractivity (Wildman–Crippen MR) is 74.6 cm³/mol. The van der Waals surface area contributed by atoms with Gasteiger partial charge in [0, 0.05) is 17.5 Å². The molecule has 0 bridgehead atoms. The Labute approximate surface area is 130 Å². The van der Waals surface area contributed by atoms with Crippen LogP contribution in [-0.2, 0) is 4.79 Å². The molecule has 0 spiro atoms. The standard InChI is InChI=1S/C15H16F4O4/c1-4-9(7-14(22,13(20)21)15(17,18)19)10-5-6-11(16)8(2)12(10)23-3/h4-6,22H,7H2,1-3H3,(H,20,21)/b9-4-/t14-/m1/s1. The number of rotatable bonds is 5. The second-order valence-corrected chi connectivity index (χ2v) is 4.91. The number of carboxylic acid groups (broad SMARTS) is 1. The van der Waals surface area contributed by atoms with Crippen LogP contribution in [0.15, 0.2) is 18.2 Å². The molecule has 1 aromatic rings.